The minimum atomic E-state index is 0.370. The molecule has 0 radical (unpaired) electrons. The molecule has 1 atom stereocenters. The van der Waals surface area contributed by atoms with Gasteiger partial charge in [0.05, 0.1) is 4.34 Å². The van der Waals surface area contributed by atoms with Gasteiger partial charge in [0.2, 0.25) is 0 Å². The van der Waals surface area contributed by atoms with Crippen LogP contribution in [-0.2, 0) is 13.0 Å². The van der Waals surface area contributed by atoms with E-state index in [9.17, 15) is 0 Å². The number of thiophene rings is 3. The monoisotopic (exact) mass is 339 g/mol. The van der Waals surface area contributed by atoms with Crippen LogP contribution in [0.15, 0.2) is 47.2 Å². The first-order valence-corrected chi connectivity index (χ1v) is 9.30. The van der Waals surface area contributed by atoms with Gasteiger partial charge in [0.15, 0.2) is 0 Å². The molecule has 0 aliphatic heterocycles. The molecule has 3 aromatic heterocycles. The molecule has 1 N–H and O–H groups in total. The highest BCUT2D eigenvalue weighted by molar-refractivity contribution is 7.16. The summed E-state index contributed by atoms with van der Waals surface area (Å²) in [5.41, 5.74) is 0. The molecule has 0 bridgehead atoms. The number of hydrogen-bond acceptors (Lipinski definition) is 4. The molecule has 0 amide bonds. The number of hydrogen-bond donors (Lipinski definition) is 1. The lowest BCUT2D eigenvalue weighted by molar-refractivity contribution is 0.545. The van der Waals surface area contributed by atoms with Crippen LogP contribution in [0.25, 0.3) is 0 Å². The van der Waals surface area contributed by atoms with Gasteiger partial charge in [0, 0.05) is 33.6 Å². The van der Waals surface area contributed by atoms with Gasteiger partial charge in [-0.3, -0.25) is 0 Å². The molecule has 0 spiro atoms. The van der Waals surface area contributed by atoms with Crippen LogP contribution in [0.1, 0.15) is 20.7 Å². The Bertz CT molecular complexity index is 628. The first kappa shape index (κ1) is 14.3. The van der Waals surface area contributed by atoms with Crippen molar-refractivity contribution in [1.29, 1.82) is 0 Å². The van der Waals surface area contributed by atoms with Crippen LogP contribution in [0.2, 0.25) is 4.34 Å². The zero-order valence-electron chi connectivity index (χ0n) is 10.7. The van der Waals surface area contributed by atoms with Gasteiger partial charge in [-0.05, 0) is 35.0 Å². The summed E-state index contributed by atoms with van der Waals surface area (Å²) >= 11 is 11.3. The number of rotatable bonds is 6. The van der Waals surface area contributed by atoms with E-state index in [2.05, 4.69) is 46.4 Å². The Morgan fingerprint density at radius 1 is 1.00 bits per heavy atom. The van der Waals surface area contributed by atoms with Crippen molar-refractivity contribution < 1.29 is 0 Å². The molecule has 5 heteroatoms. The summed E-state index contributed by atoms with van der Waals surface area (Å²) in [4.78, 5) is 4.09. The Hall–Kier alpha value is -0.650. The summed E-state index contributed by atoms with van der Waals surface area (Å²) < 4.78 is 0.854. The van der Waals surface area contributed by atoms with Gasteiger partial charge in [-0.1, -0.05) is 23.7 Å². The summed E-state index contributed by atoms with van der Waals surface area (Å²) in [5.74, 6) is 0. The van der Waals surface area contributed by atoms with Crippen LogP contribution in [0.4, 0.5) is 0 Å². The summed E-state index contributed by atoms with van der Waals surface area (Å²) in [6, 6.07) is 13.1. The fourth-order valence-electron chi connectivity index (χ4n) is 2.06. The molecular weight excluding hydrogens is 326 g/mol. The molecular formula is C15H14ClNS3. The third-order valence-electron chi connectivity index (χ3n) is 3.02. The Morgan fingerprint density at radius 2 is 1.85 bits per heavy atom. The van der Waals surface area contributed by atoms with Crippen molar-refractivity contribution >= 4 is 45.6 Å². The largest absolute Gasteiger partial charge is 0.304 e. The van der Waals surface area contributed by atoms with Crippen molar-refractivity contribution in [1.82, 2.24) is 5.32 Å². The van der Waals surface area contributed by atoms with Crippen molar-refractivity contribution in [3.63, 3.8) is 0 Å². The van der Waals surface area contributed by atoms with Gasteiger partial charge in [0.1, 0.15) is 0 Å². The first-order chi connectivity index (χ1) is 9.81. The Kier molecular flexibility index (Phi) is 4.91. The Morgan fingerprint density at radius 3 is 2.50 bits per heavy atom. The molecule has 1 unspecified atom stereocenters. The van der Waals surface area contributed by atoms with Crippen molar-refractivity contribution in [2.24, 2.45) is 0 Å². The van der Waals surface area contributed by atoms with E-state index in [4.69, 9.17) is 11.6 Å². The fourth-order valence-corrected chi connectivity index (χ4v) is 4.66. The molecule has 20 heavy (non-hydrogen) atoms. The first-order valence-electron chi connectivity index (χ1n) is 6.34. The van der Waals surface area contributed by atoms with Crippen molar-refractivity contribution in [3.8, 4) is 0 Å². The molecule has 0 fully saturated rings. The highest BCUT2D eigenvalue weighted by Gasteiger charge is 2.14. The average Bonchev–Trinajstić information content (AvgIpc) is 3.17. The smallest absolute Gasteiger partial charge is 0.0931 e. The van der Waals surface area contributed by atoms with E-state index in [1.54, 1.807) is 11.3 Å². The predicted molar refractivity (Wildman–Crippen MR) is 91.3 cm³/mol. The van der Waals surface area contributed by atoms with Crippen LogP contribution in [0, 0.1) is 0 Å². The van der Waals surface area contributed by atoms with E-state index in [-0.39, 0.29) is 0 Å². The number of nitrogens with one attached hydrogen (secondary N) is 1. The van der Waals surface area contributed by atoms with E-state index in [0.29, 0.717) is 6.04 Å². The normalized spacial score (nSPS) is 12.7. The van der Waals surface area contributed by atoms with Crippen molar-refractivity contribution in [2.75, 3.05) is 0 Å². The Labute approximate surface area is 135 Å². The maximum atomic E-state index is 5.98. The molecule has 0 aliphatic rings. The zero-order valence-corrected chi connectivity index (χ0v) is 13.9. The molecule has 0 aromatic carbocycles. The molecule has 104 valence electrons. The van der Waals surface area contributed by atoms with E-state index in [1.165, 1.54) is 14.6 Å². The van der Waals surface area contributed by atoms with Gasteiger partial charge in [-0.2, -0.15) is 0 Å². The lowest BCUT2D eigenvalue weighted by Crippen LogP contribution is -2.21. The van der Waals surface area contributed by atoms with Crippen molar-refractivity contribution in [2.45, 2.75) is 19.0 Å². The van der Waals surface area contributed by atoms with Crippen LogP contribution >= 0.6 is 45.6 Å². The van der Waals surface area contributed by atoms with Gasteiger partial charge in [-0.15, -0.1) is 34.0 Å². The van der Waals surface area contributed by atoms with E-state index in [1.807, 2.05) is 28.7 Å². The third kappa shape index (κ3) is 3.71. The molecule has 1 nitrogen and oxygen atoms in total. The standard InChI is InChI=1S/C15H14ClNS3/c16-15-6-5-12(20-15)10-17-13(14-4-2-8-19-14)9-11-3-1-7-18-11/h1-8,13,17H,9-10H2. The molecule has 0 saturated heterocycles. The van der Waals surface area contributed by atoms with Gasteiger partial charge < -0.3 is 5.32 Å². The van der Waals surface area contributed by atoms with Gasteiger partial charge in [0.25, 0.3) is 0 Å². The second-order valence-corrected chi connectivity index (χ2v) is 8.25. The van der Waals surface area contributed by atoms with Crippen LogP contribution in [0.5, 0.6) is 0 Å². The molecule has 3 heterocycles. The zero-order chi connectivity index (χ0) is 13.8. The lowest BCUT2D eigenvalue weighted by Gasteiger charge is -2.16. The maximum absolute atomic E-state index is 5.98. The minimum Gasteiger partial charge on any atom is -0.304 e. The predicted octanol–water partition coefficient (Wildman–Crippen LogP) is 5.60. The minimum absolute atomic E-state index is 0.370. The van der Waals surface area contributed by atoms with Crippen LogP contribution in [-0.4, -0.2) is 0 Å². The highest BCUT2D eigenvalue weighted by atomic mass is 35.5. The average molecular weight is 340 g/mol. The summed E-state index contributed by atoms with van der Waals surface area (Å²) in [6.45, 7) is 0.866. The number of halogens is 1. The van der Waals surface area contributed by atoms with E-state index in [0.717, 1.165) is 17.3 Å². The lowest BCUT2D eigenvalue weighted by atomic mass is 10.1. The van der Waals surface area contributed by atoms with E-state index < -0.39 is 0 Å². The summed E-state index contributed by atoms with van der Waals surface area (Å²) in [5, 5.41) is 7.94. The highest BCUT2D eigenvalue weighted by Crippen LogP contribution is 2.27. The van der Waals surface area contributed by atoms with Crippen LogP contribution < -0.4 is 5.32 Å². The Balaban J connectivity index is 1.69. The summed E-state index contributed by atoms with van der Waals surface area (Å²) in [6.07, 6.45) is 1.04. The van der Waals surface area contributed by atoms with Gasteiger partial charge >= 0.3 is 0 Å². The van der Waals surface area contributed by atoms with E-state index >= 15 is 0 Å². The molecule has 3 rings (SSSR count). The second-order valence-electron chi connectivity index (χ2n) is 4.44. The fraction of sp³-hybridized carbons (Fsp3) is 0.200. The quantitative estimate of drug-likeness (QED) is 0.616. The molecule has 3 aromatic rings. The van der Waals surface area contributed by atoms with Gasteiger partial charge in [-0.25, -0.2) is 0 Å². The molecule has 0 saturated carbocycles. The topological polar surface area (TPSA) is 12.0 Å². The molecule has 0 aliphatic carbocycles. The SMILES string of the molecule is Clc1ccc(CNC(Cc2cccs2)c2cccs2)s1. The second kappa shape index (κ2) is 6.87. The van der Waals surface area contributed by atoms with Crippen molar-refractivity contribution in [3.05, 3.63) is 66.1 Å². The van der Waals surface area contributed by atoms with Crippen LogP contribution in [0.3, 0.4) is 0 Å². The summed E-state index contributed by atoms with van der Waals surface area (Å²) in [7, 11) is 0. The third-order valence-corrected chi connectivity index (χ3v) is 6.14. The maximum Gasteiger partial charge on any atom is 0.0931 e.